The fourth-order valence-corrected chi connectivity index (χ4v) is 5.03. The van der Waals surface area contributed by atoms with E-state index in [-0.39, 0.29) is 11.9 Å². The van der Waals surface area contributed by atoms with Gasteiger partial charge in [-0.15, -0.1) is 0 Å². The molecule has 1 amide bonds. The summed E-state index contributed by atoms with van der Waals surface area (Å²) in [5.41, 5.74) is 1.96. The molecule has 0 radical (unpaired) electrons. The van der Waals surface area contributed by atoms with Crippen LogP contribution in [0.1, 0.15) is 62.5 Å². The zero-order valence-electron chi connectivity index (χ0n) is 17.7. The van der Waals surface area contributed by atoms with E-state index in [0.717, 1.165) is 31.2 Å². The Balaban J connectivity index is 1.74. The van der Waals surface area contributed by atoms with Gasteiger partial charge in [-0.3, -0.25) is 4.79 Å². The van der Waals surface area contributed by atoms with E-state index < -0.39 is 10.0 Å². The summed E-state index contributed by atoms with van der Waals surface area (Å²) in [6.07, 6.45) is 9.05. The SMILES string of the molecule is CCC(=O)Nc1c(C)noc1C=Cc1ccc(S(=O)(=O)N(C)C2CCCCC2)cc1. The molecule has 30 heavy (non-hydrogen) atoms. The number of amides is 1. The molecular weight excluding hydrogens is 402 g/mol. The zero-order chi connectivity index (χ0) is 21.7. The van der Waals surface area contributed by atoms with Gasteiger partial charge in [-0.05, 0) is 43.5 Å². The van der Waals surface area contributed by atoms with Crippen molar-refractivity contribution in [3.63, 3.8) is 0 Å². The van der Waals surface area contributed by atoms with E-state index in [4.69, 9.17) is 4.52 Å². The lowest BCUT2D eigenvalue weighted by Gasteiger charge is -2.30. The molecule has 0 atom stereocenters. The molecule has 2 aromatic rings. The maximum absolute atomic E-state index is 12.9. The van der Waals surface area contributed by atoms with Crippen molar-refractivity contribution in [1.29, 1.82) is 0 Å². The smallest absolute Gasteiger partial charge is 0.243 e. The van der Waals surface area contributed by atoms with Gasteiger partial charge in [-0.2, -0.15) is 4.31 Å². The highest BCUT2D eigenvalue weighted by molar-refractivity contribution is 7.89. The van der Waals surface area contributed by atoms with Gasteiger partial charge in [0.25, 0.3) is 0 Å². The summed E-state index contributed by atoms with van der Waals surface area (Å²) in [7, 11) is -1.83. The summed E-state index contributed by atoms with van der Waals surface area (Å²) >= 11 is 0. The molecule has 0 saturated heterocycles. The lowest BCUT2D eigenvalue weighted by Crippen LogP contribution is -2.38. The van der Waals surface area contributed by atoms with E-state index in [0.29, 0.717) is 28.5 Å². The average Bonchev–Trinajstić information content (AvgIpc) is 3.11. The normalized spacial score (nSPS) is 15.7. The maximum Gasteiger partial charge on any atom is 0.243 e. The van der Waals surface area contributed by atoms with E-state index in [2.05, 4.69) is 10.5 Å². The van der Waals surface area contributed by atoms with Crippen LogP contribution >= 0.6 is 0 Å². The fraction of sp³-hybridized carbons (Fsp3) is 0.455. The van der Waals surface area contributed by atoms with Gasteiger partial charge in [0.15, 0.2) is 5.76 Å². The minimum absolute atomic E-state index is 0.0785. The molecule has 3 rings (SSSR count). The Morgan fingerprint density at radius 1 is 1.20 bits per heavy atom. The standard InChI is InChI=1S/C22H29N3O4S/c1-4-21(26)23-22-16(2)24-29-20(22)15-12-17-10-13-19(14-11-17)30(27,28)25(3)18-8-6-5-7-9-18/h10-15,18H,4-9H2,1-3H3,(H,23,26). The van der Waals surface area contributed by atoms with E-state index in [1.54, 1.807) is 57.3 Å². The van der Waals surface area contributed by atoms with Crippen LogP contribution in [-0.4, -0.2) is 36.9 Å². The van der Waals surface area contributed by atoms with Gasteiger partial charge in [0.1, 0.15) is 11.4 Å². The molecule has 1 aliphatic rings. The van der Waals surface area contributed by atoms with E-state index in [1.165, 1.54) is 10.7 Å². The molecule has 1 aromatic heterocycles. The third-order valence-electron chi connectivity index (χ3n) is 5.55. The van der Waals surface area contributed by atoms with Crippen LogP contribution in [0.2, 0.25) is 0 Å². The first-order valence-corrected chi connectivity index (χ1v) is 11.8. The second-order valence-corrected chi connectivity index (χ2v) is 9.62. The van der Waals surface area contributed by atoms with Gasteiger partial charge in [0.05, 0.1) is 4.90 Å². The Morgan fingerprint density at radius 2 is 1.87 bits per heavy atom. The number of aromatic nitrogens is 1. The van der Waals surface area contributed by atoms with Gasteiger partial charge < -0.3 is 9.84 Å². The molecule has 0 aliphatic heterocycles. The Labute approximate surface area is 178 Å². The summed E-state index contributed by atoms with van der Waals surface area (Å²) in [5.74, 6) is 0.329. The van der Waals surface area contributed by atoms with Crippen LogP contribution in [0.4, 0.5) is 5.69 Å². The van der Waals surface area contributed by atoms with Crippen LogP contribution in [0.5, 0.6) is 0 Å². The van der Waals surface area contributed by atoms with Gasteiger partial charge in [0, 0.05) is 19.5 Å². The number of hydrogen-bond donors (Lipinski definition) is 1. The van der Waals surface area contributed by atoms with Crippen LogP contribution in [-0.2, 0) is 14.8 Å². The third kappa shape index (κ3) is 4.99. The highest BCUT2D eigenvalue weighted by Crippen LogP contribution is 2.27. The second-order valence-electron chi connectivity index (χ2n) is 7.62. The predicted molar refractivity (Wildman–Crippen MR) is 117 cm³/mol. The van der Waals surface area contributed by atoms with Crippen LogP contribution < -0.4 is 5.32 Å². The molecule has 1 aliphatic carbocycles. The first-order valence-electron chi connectivity index (χ1n) is 10.3. The molecule has 1 N–H and O–H groups in total. The summed E-state index contributed by atoms with van der Waals surface area (Å²) in [6.45, 7) is 3.53. The number of aryl methyl sites for hydroxylation is 1. The number of carbonyl (C=O) groups is 1. The number of hydrogen-bond acceptors (Lipinski definition) is 5. The number of rotatable bonds is 7. The Bertz CT molecular complexity index is 1000. The second kappa shape index (κ2) is 9.57. The molecule has 0 bridgehead atoms. The van der Waals surface area contributed by atoms with Gasteiger partial charge >= 0.3 is 0 Å². The van der Waals surface area contributed by atoms with Crippen LogP contribution in [0, 0.1) is 6.92 Å². The summed E-state index contributed by atoms with van der Waals surface area (Å²) in [4.78, 5) is 12.0. The molecule has 1 saturated carbocycles. The fourth-order valence-electron chi connectivity index (χ4n) is 3.61. The van der Waals surface area contributed by atoms with Crippen LogP contribution in [0.15, 0.2) is 33.7 Å². The average molecular weight is 432 g/mol. The minimum atomic E-state index is -3.51. The molecular formula is C22H29N3O4S. The van der Waals surface area contributed by atoms with Crippen molar-refractivity contribution in [3.05, 3.63) is 41.3 Å². The number of benzene rings is 1. The Kier molecular flexibility index (Phi) is 7.10. The first kappa shape index (κ1) is 22.2. The quantitative estimate of drug-likeness (QED) is 0.699. The molecule has 1 fully saturated rings. The number of nitrogens with zero attached hydrogens (tertiary/aromatic N) is 2. The van der Waals surface area contributed by atoms with E-state index >= 15 is 0 Å². The van der Waals surface area contributed by atoms with Gasteiger partial charge in [-0.1, -0.05) is 49.6 Å². The lowest BCUT2D eigenvalue weighted by atomic mass is 9.96. The van der Waals surface area contributed by atoms with Crippen molar-refractivity contribution >= 4 is 33.8 Å². The van der Waals surface area contributed by atoms with Crippen molar-refractivity contribution in [3.8, 4) is 0 Å². The maximum atomic E-state index is 12.9. The third-order valence-corrected chi connectivity index (χ3v) is 7.47. The molecule has 162 valence electrons. The molecule has 0 spiro atoms. The molecule has 0 unspecified atom stereocenters. The first-order chi connectivity index (χ1) is 14.3. The molecule has 1 aromatic carbocycles. The highest BCUT2D eigenvalue weighted by atomic mass is 32.2. The van der Waals surface area contributed by atoms with Crippen LogP contribution in [0.25, 0.3) is 12.2 Å². The number of anilines is 1. The topological polar surface area (TPSA) is 92.5 Å². The Morgan fingerprint density at radius 3 is 2.50 bits per heavy atom. The monoisotopic (exact) mass is 431 g/mol. The highest BCUT2D eigenvalue weighted by Gasteiger charge is 2.28. The van der Waals surface area contributed by atoms with Crippen molar-refractivity contribution in [2.45, 2.75) is 63.3 Å². The molecule has 1 heterocycles. The van der Waals surface area contributed by atoms with Crippen molar-refractivity contribution < 1.29 is 17.7 Å². The number of carbonyl (C=O) groups excluding carboxylic acids is 1. The van der Waals surface area contributed by atoms with Crippen molar-refractivity contribution in [2.24, 2.45) is 0 Å². The van der Waals surface area contributed by atoms with E-state index in [1.807, 2.05) is 0 Å². The Hall–Kier alpha value is -2.45. The number of sulfonamides is 1. The largest absolute Gasteiger partial charge is 0.354 e. The summed E-state index contributed by atoms with van der Waals surface area (Å²) in [5, 5.41) is 6.69. The van der Waals surface area contributed by atoms with Crippen molar-refractivity contribution in [1.82, 2.24) is 9.46 Å². The zero-order valence-corrected chi connectivity index (χ0v) is 18.5. The van der Waals surface area contributed by atoms with Gasteiger partial charge in [-0.25, -0.2) is 8.42 Å². The summed E-state index contributed by atoms with van der Waals surface area (Å²) < 4.78 is 32.7. The molecule has 7 nitrogen and oxygen atoms in total. The summed E-state index contributed by atoms with van der Waals surface area (Å²) in [6, 6.07) is 6.84. The molecule has 8 heteroatoms. The van der Waals surface area contributed by atoms with Gasteiger partial charge in [0.2, 0.25) is 15.9 Å². The minimum Gasteiger partial charge on any atom is -0.354 e. The number of nitrogens with one attached hydrogen (secondary N) is 1. The van der Waals surface area contributed by atoms with E-state index in [9.17, 15) is 13.2 Å². The lowest BCUT2D eigenvalue weighted by molar-refractivity contribution is -0.115. The predicted octanol–water partition coefficient (Wildman–Crippen LogP) is 4.46. The van der Waals surface area contributed by atoms with Crippen molar-refractivity contribution in [2.75, 3.05) is 12.4 Å². The van der Waals surface area contributed by atoms with Crippen LogP contribution in [0.3, 0.4) is 0 Å².